The number of ether oxygens (including phenoxy) is 3. The van der Waals surface area contributed by atoms with Gasteiger partial charge in [0.15, 0.2) is 0 Å². The highest BCUT2D eigenvalue weighted by Crippen LogP contribution is 2.25. The third kappa shape index (κ3) is 17.2. The van der Waals surface area contributed by atoms with Gasteiger partial charge in [0.25, 0.3) is 5.91 Å². The van der Waals surface area contributed by atoms with Crippen molar-refractivity contribution in [2.24, 2.45) is 0 Å². The molecule has 0 spiro atoms. The topological polar surface area (TPSA) is 104 Å². The number of rotatable bonds is 22. The number of hydrogen-bond acceptors (Lipinski definition) is 7. The normalized spacial score (nSPS) is 11.5. The Morgan fingerprint density at radius 3 is 1.82 bits per heavy atom. The van der Waals surface area contributed by atoms with Gasteiger partial charge in [-0.3, -0.25) is 19.0 Å². The number of halogens is 1. The molecule has 8 nitrogen and oxygen atoms in total. The van der Waals surface area contributed by atoms with Crippen LogP contribution in [-0.4, -0.2) is 53.9 Å². The molecule has 0 fully saturated rings. The van der Waals surface area contributed by atoms with E-state index in [-0.39, 0.29) is 25.1 Å². The Balaban J connectivity index is 0.000000351. The van der Waals surface area contributed by atoms with Crippen LogP contribution in [-0.2, 0) is 19.1 Å². The zero-order chi connectivity index (χ0) is 35.9. The van der Waals surface area contributed by atoms with Crippen LogP contribution in [0.2, 0.25) is 5.02 Å². The van der Waals surface area contributed by atoms with Gasteiger partial charge in [-0.2, -0.15) is 0 Å². The summed E-state index contributed by atoms with van der Waals surface area (Å²) in [6.45, 7) is 5.19. The van der Waals surface area contributed by atoms with Crippen molar-refractivity contribution in [3.05, 3.63) is 64.8 Å². The van der Waals surface area contributed by atoms with Crippen LogP contribution in [0.25, 0.3) is 10.9 Å². The van der Waals surface area contributed by atoms with Crippen molar-refractivity contribution >= 4 is 40.3 Å². The molecule has 0 saturated carbocycles. The molecule has 3 rings (SSSR count). The van der Waals surface area contributed by atoms with Crippen LogP contribution in [0.1, 0.15) is 133 Å². The number of nitrogens with zero attached hydrogens (tertiary/aromatic N) is 1. The van der Waals surface area contributed by atoms with Crippen molar-refractivity contribution in [1.82, 2.24) is 4.57 Å². The Hall–Kier alpha value is -3.36. The monoisotopic (exact) mass is 699 g/mol. The quantitative estimate of drug-likeness (QED) is 0.0822. The number of aliphatic hydroxyl groups is 1. The number of esters is 2. The number of unbranched alkanes of at least 4 members (excludes halogenated alkanes) is 14. The van der Waals surface area contributed by atoms with Crippen LogP contribution in [0, 0.1) is 6.92 Å². The molecule has 272 valence electrons. The number of aromatic nitrogens is 1. The summed E-state index contributed by atoms with van der Waals surface area (Å²) in [5.41, 5.74) is 2.36. The molecule has 49 heavy (non-hydrogen) atoms. The second-order valence-corrected chi connectivity index (χ2v) is 13.1. The van der Waals surface area contributed by atoms with Crippen molar-refractivity contribution in [1.29, 1.82) is 0 Å². The number of carbonyl (C=O) groups excluding carboxylic acids is 3. The minimum Gasteiger partial charge on any atom is -0.497 e. The van der Waals surface area contributed by atoms with E-state index in [1.54, 1.807) is 35.9 Å². The Morgan fingerprint density at radius 2 is 1.29 bits per heavy atom. The lowest BCUT2D eigenvalue weighted by Gasteiger charge is -2.11. The smallest absolute Gasteiger partial charge is 0.305 e. The molecule has 1 heterocycles. The standard InChI is InChI=1S/C23H44O5.C17H14ClNO2/c1-3-4-5-6-7-8-9-10-11-12-13-14-15-16-17-18-23(26)28-20-22(25)19-27-21(2)24;1-11-9-13-10-15(21-2)7-8-16(13)19(11)17(20)12-3-5-14(18)6-4-12/h22,25H,3-20H2,1-2H3;3-10H,1-2H3. The molecule has 0 radical (unpaired) electrons. The minimum atomic E-state index is -0.950. The second kappa shape index (κ2) is 24.7. The largest absolute Gasteiger partial charge is 0.497 e. The highest BCUT2D eigenvalue weighted by atomic mass is 35.5. The van der Waals surface area contributed by atoms with E-state index in [9.17, 15) is 19.5 Å². The zero-order valence-corrected chi connectivity index (χ0v) is 30.9. The molecule has 1 unspecified atom stereocenters. The molecule has 1 atom stereocenters. The third-order valence-electron chi connectivity index (χ3n) is 8.39. The van der Waals surface area contributed by atoms with Crippen LogP contribution in [0.15, 0.2) is 48.5 Å². The van der Waals surface area contributed by atoms with E-state index in [0.717, 1.165) is 35.2 Å². The van der Waals surface area contributed by atoms with E-state index in [2.05, 4.69) is 11.7 Å². The first-order valence-electron chi connectivity index (χ1n) is 18.1. The van der Waals surface area contributed by atoms with E-state index in [4.69, 9.17) is 21.1 Å². The van der Waals surface area contributed by atoms with E-state index in [1.807, 2.05) is 31.2 Å². The van der Waals surface area contributed by atoms with Gasteiger partial charge in [0, 0.05) is 35.0 Å². The number of hydrogen-bond donors (Lipinski definition) is 1. The lowest BCUT2D eigenvalue weighted by Crippen LogP contribution is -2.24. The molecule has 0 aliphatic rings. The maximum absolute atomic E-state index is 12.7. The first-order chi connectivity index (χ1) is 23.7. The van der Waals surface area contributed by atoms with Crippen molar-refractivity contribution in [2.75, 3.05) is 20.3 Å². The first kappa shape index (κ1) is 41.8. The van der Waals surface area contributed by atoms with E-state index >= 15 is 0 Å². The van der Waals surface area contributed by atoms with Gasteiger partial charge < -0.3 is 19.3 Å². The molecule has 0 bridgehead atoms. The average molecular weight is 700 g/mol. The predicted octanol–water partition coefficient (Wildman–Crippen LogP) is 10.0. The number of aryl methyl sites for hydroxylation is 1. The maximum Gasteiger partial charge on any atom is 0.305 e. The molecule has 1 aromatic heterocycles. The van der Waals surface area contributed by atoms with Crippen molar-refractivity contribution < 1.29 is 33.7 Å². The van der Waals surface area contributed by atoms with Crippen LogP contribution in [0.5, 0.6) is 5.75 Å². The molecular weight excluding hydrogens is 642 g/mol. The maximum atomic E-state index is 12.7. The van der Waals surface area contributed by atoms with Gasteiger partial charge in [-0.1, -0.05) is 108 Å². The molecule has 0 saturated heterocycles. The second-order valence-electron chi connectivity index (χ2n) is 12.7. The number of benzene rings is 2. The third-order valence-corrected chi connectivity index (χ3v) is 8.64. The summed E-state index contributed by atoms with van der Waals surface area (Å²) in [4.78, 5) is 34.9. The highest BCUT2D eigenvalue weighted by molar-refractivity contribution is 6.30. The summed E-state index contributed by atoms with van der Waals surface area (Å²) in [5.74, 6) is -0.0392. The number of aliphatic hydroxyl groups excluding tert-OH is 1. The van der Waals surface area contributed by atoms with Crippen LogP contribution in [0.3, 0.4) is 0 Å². The lowest BCUT2D eigenvalue weighted by molar-refractivity contribution is -0.151. The van der Waals surface area contributed by atoms with Crippen LogP contribution < -0.4 is 4.74 Å². The van der Waals surface area contributed by atoms with Gasteiger partial charge in [0.2, 0.25) is 0 Å². The van der Waals surface area contributed by atoms with E-state index < -0.39 is 12.1 Å². The fourth-order valence-electron chi connectivity index (χ4n) is 5.61. The number of carbonyl (C=O) groups is 3. The zero-order valence-electron chi connectivity index (χ0n) is 30.1. The Bertz CT molecular complexity index is 1390. The molecular formula is C40H58ClNO7. The molecule has 0 aliphatic carbocycles. The summed E-state index contributed by atoms with van der Waals surface area (Å²) in [6.07, 6.45) is 18.8. The van der Waals surface area contributed by atoms with Crippen molar-refractivity contribution in [3.8, 4) is 5.75 Å². The number of fused-ring (bicyclic) bond motifs is 1. The van der Waals surface area contributed by atoms with Gasteiger partial charge in [0.1, 0.15) is 25.1 Å². The molecule has 0 amide bonds. The minimum absolute atomic E-state index is 0.0654. The molecule has 0 aliphatic heterocycles. The summed E-state index contributed by atoms with van der Waals surface area (Å²) < 4.78 is 16.5. The first-order valence-corrected chi connectivity index (χ1v) is 18.5. The van der Waals surface area contributed by atoms with Gasteiger partial charge >= 0.3 is 11.9 Å². The average Bonchev–Trinajstić information content (AvgIpc) is 3.43. The van der Waals surface area contributed by atoms with Gasteiger partial charge in [-0.15, -0.1) is 0 Å². The molecule has 9 heteroatoms. The highest BCUT2D eigenvalue weighted by Gasteiger charge is 2.15. The predicted molar refractivity (Wildman–Crippen MR) is 198 cm³/mol. The Labute approximate surface area is 298 Å². The van der Waals surface area contributed by atoms with Crippen LogP contribution >= 0.6 is 11.6 Å². The summed E-state index contributed by atoms with van der Waals surface area (Å²) in [7, 11) is 1.63. The van der Waals surface area contributed by atoms with Gasteiger partial charge in [0.05, 0.1) is 12.6 Å². The van der Waals surface area contributed by atoms with Gasteiger partial charge in [-0.25, -0.2) is 0 Å². The Kier molecular flexibility index (Phi) is 21.1. The fourth-order valence-corrected chi connectivity index (χ4v) is 5.74. The SMILES string of the molecule is CCCCCCCCCCCCCCCCCC(=O)OCC(O)COC(C)=O.COc1ccc2c(c1)cc(C)n2C(=O)c1ccc(Cl)cc1. The van der Waals surface area contributed by atoms with Gasteiger partial charge in [-0.05, 0) is 61.9 Å². The summed E-state index contributed by atoms with van der Waals surface area (Å²) in [6, 6.07) is 14.6. The Morgan fingerprint density at radius 1 is 0.755 bits per heavy atom. The summed E-state index contributed by atoms with van der Waals surface area (Å²) in [5, 5.41) is 11.1. The fraction of sp³-hybridized carbons (Fsp3) is 0.575. The van der Waals surface area contributed by atoms with Crippen molar-refractivity contribution in [2.45, 2.75) is 130 Å². The van der Waals surface area contributed by atoms with Crippen LogP contribution in [0.4, 0.5) is 0 Å². The van der Waals surface area contributed by atoms with Crippen molar-refractivity contribution in [3.63, 3.8) is 0 Å². The van der Waals surface area contributed by atoms with E-state index in [1.165, 1.54) is 90.4 Å². The lowest BCUT2D eigenvalue weighted by atomic mass is 10.0. The van der Waals surface area contributed by atoms with E-state index in [0.29, 0.717) is 17.0 Å². The molecule has 1 N–H and O–H groups in total. The molecule has 2 aromatic carbocycles. The molecule has 3 aromatic rings. The number of methoxy groups -OCH3 is 1. The summed E-state index contributed by atoms with van der Waals surface area (Å²) >= 11 is 5.87.